The van der Waals surface area contributed by atoms with E-state index in [0.717, 1.165) is 25.7 Å². The molecule has 0 aromatic heterocycles. The summed E-state index contributed by atoms with van der Waals surface area (Å²) in [6.07, 6.45) is 6.09. The average molecular weight is 307 g/mol. The van der Waals surface area contributed by atoms with Gasteiger partial charge in [-0.3, -0.25) is 9.69 Å². The zero-order valence-corrected chi connectivity index (χ0v) is 12.5. The highest BCUT2D eigenvalue weighted by Gasteiger charge is 2.37. The number of carbonyl (C=O) groups is 1. The molecule has 1 saturated heterocycles. The van der Waals surface area contributed by atoms with Crippen molar-refractivity contribution >= 4 is 40.3 Å². The molecule has 0 radical (unpaired) electrons. The van der Waals surface area contributed by atoms with Crippen LogP contribution in [0.25, 0.3) is 6.08 Å². The van der Waals surface area contributed by atoms with E-state index < -0.39 is 0 Å². The average Bonchev–Trinajstić information content (AvgIpc) is 2.99. The maximum atomic E-state index is 13.2. The van der Waals surface area contributed by atoms with Crippen molar-refractivity contribution in [3.8, 4) is 0 Å². The predicted molar refractivity (Wildman–Crippen MR) is 83.7 cm³/mol. The summed E-state index contributed by atoms with van der Waals surface area (Å²) in [5.41, 5.74) is 0.692. The maximum absolute atomic E-state index is 13.2. The minimum Gasteiger partial charge on any atom is -0.290 e. The predicted octanol–water partition coefficient (Wildman–Crippen LogP) is 3.97. The van der Waals surface area contributed by atoms with Gasteiger partial charge in [0.05, 0.1) is 4.91 Å². The first kappa shape index (κ1) is 13.8. The van der Waals surface area contributed by atoms with Crippen molar-refractivity contribution in [2.45, 2.75) is 31.7 Å². The largest absolute Gasteiger partial charge is 0.290 e. The molecule has 1 aliphatic carbocycles. The van der Waals surface area contributed by atoms with Gasteiger partial charge < -0.3 is 0 Å². The van der Waals surface area contributed by atoms with Gasteiger partial charge in [0.2, 0.25) is 0 Å². The Kier molecular flexibility index (Phi) is 3.89. The summed E-state index contributed by atoms with van der Waals surface area (Å²) < 4.78 is 13.8. The highest BCUT2D eigenvalue weighted by Crippen LogP contribution is 2.37. The molecule has 3 rings (SSSR count). The lowest BCUT2D eigenvalue weighted by Gasteiger charge is -2.21. The Labute approximate surface area is 127 Å². The smallest absolute Gasteiger partial charge is 0.266 e. The van der Waals surface area contributed by atoms with Gasteiger partial charge in [0.25, 0.3) is 5.91 Å². The van der Waals surface area contributed by atoms with Gasteiger partial charge in [-0.2, -0.15) is 0 Å². The summed E-state index contributed by atoms with van der Waals surface area (Å²) in [7, 11) is 0. The van der Waals surface area contributed by atoms with Crippen molar-refractivity contribution in [1.82, 2.24) is 4.90 Å². The SMILES string of the molecule is O=C1/C(=C/c2cccc(F)c2)SC(=S)N1C1CCCC1. The minimum absolute atomic E-state index is 0.0313. The van der Waals surface area contributed by atoms with E-state index in [1.807, 2.05) is 0 Å². The van der Waals surface area contributed by atoms with E-state index in [9.17, 15) is 9.18 Å². The second kappa shape index (κ2) is 5.66. The fourth-order valence-electron chi connectivity index (χ4n) is 2.70. The van der Waals surface area contributed by atoms with Crippen molar-refractivity contribution in [3.63, 3.8) is 0 Å². The van der Waals surface area contributed by atoms with Crippen LogP contribution < -0.4 is 0 Å². The fourth-order valence-corrected chi connectivity index (χ4v) is 4.11. The Hall–Kier alpha value is -1.20. The van der Waals surface area contributed by atoms with Crippen molar-refractivity contribution in [2.75, 3.05) is 0 Å². The van der Waals surface area contributed by atoms with Gasteiger partial charge in [-0.1, -0.05) is 49.0 Å². The number of halogens is 1. The molecule has 2 fully saturated rings. The molecule has 1 heterocycles. The molecule has 0 spiro atoms. The molecule has 104 valence electrons. The van der Waals surface area contributed by atoms with Crippen LogP contribution in [0.5, 0.6) is 0 Å². The quantitative estimate of drug-likeness (QED) is 0.609. The molecule has 1 aromatic rings. The Morgan fingerprint density at radius 2 is 2.10 bits per heavy atom. The van der Waals surface area contributed by atoms with Crippen molar-refractivity contribution in [2.24, 2.45) is 0 Å². The van der Waals surface area contributed by atoms with Crippen molar-refractivity contribution in [3.05, 3.63) is 40.6 Å². The highest BCUT2D eigenvalue weighted by atomic mass is 32.2. The summed E-state index contributed by atoms with van der Waals surface area (Å²) in [5, 5.41) is 0. The second-order valence-electron chi connectivity index (χ2n) is 5.04. The van der Waals surface area contributed by atoms with E-state index in [-0.39, 0.29) is 17.8 Å². The van der Waals surface area contributed by atoms with Gasteiger partial charge in [-0.15, -0.1) is 0 Å². The number of hydrogen-bond acceptors (Lipinski definition) is 3. The molecule has 0 atom stereocenters. The number of benzene rings is 1. The topological polar surface area (TPSA) is 20.3 Å². The minimum atomic E-state index is -0.301. The van der Waals surface area contributed by atoms with Gasteiger partial charge in [0, 0.05) is 6.04 Å². The molecule has 5 heteroatoms. The summed E-state index contributed by atoms with van der Waals surface area (Å²) >= 11 is 6.64. The standard InChI is InChI=1S/C15H14FNOS2/c16-11-5-3-4-10(8-11)9-13-14(18)17(15(19)20-13)12-6-1-2-7-12/h3-5,8-9,12H,1-2,6-7H2/b13-9-. The molecule has 2 nitrogen and oxygen atoms in total. The first-order valence-electron chi connectivity index (χ1n) is 6.68. The van der Waals surface area contributed by atoms with Crippen molar-refractivity contribution in [1.29, 1.82) is 0 Å². The molecular weight excluding hydrogens is 293 g/mol. The van der Waals surface area contributed by atoms with Gasteiger partial charge in [0.1, 0.15) is 10.1 Å². The van der Waals surface area contributed by atoms with Crippen molar-refractivity contribution < 1.29 is 9.18 Å². The zero-order valence-electron chi connectivity index (χ0n) is 10.8. The van der Waals surface area contributed by atoms with Gasteiger partial charge in [0.15, 0.2) is 0 Å². The molecule has 0 N–H and O–H groups in total. The lowest BCUT2D eigenvalue weighted by molar-refractivity contribution is -0.123. The number of hydrogen-bond donors (Lipinski definition) is 0. The van der Waals surface area contributed by atoms with Crippen LogP contribution in [0.4, 0.5) is 4.39 Å². The molecule has 0 unspecified atom stereocenters. The summed E-state index contributed by atoms with van der Waals surface area (Å²) in [4.78, 5) is 14.8. The third kappa shape index (κ3) is 2.65. The Bertz CT molecular complexity index is 593. The molecule has 1 aromatic carbocycles. The molecule has 0 bridgehead atoms. The monoisotopic (exact) mass is 307 g/mol. The first-order valence-corrected chi connectivity index (χ1v) is 7.90. The van der Waals surface area contributed by atoms with Crippen LogP contribution in [-0.4, -0.2) is 21.2 Å². The summed E-state index contributed by atoms with van der Waals surface area (Å²) in [6.45, 7) is 0. The van der Waals surface area contributed by atoms with Crippen LogP contribution in [0.3, 0.4) is 0 Å². The molecule has 2 aliphatic rings. The number of amides is 1. The van der Waals surface area contributed by atoms with Gasteiger partial charge in [-0.05, 0) is 36.6 Å². The number of thiocarbonyl (C=S) groups is 1. The van der Waals surface area contributed by atoms with Gasteiger partial charge in [-0.25, -0.2) is 4.39 Å². The lowest BCUT2D eigenvalue weighted by atomic mass is 10.2. The number of nitrogens with zero attached hydrogens (tertiary/aromatic N) is 1. The third-order valence-corrected chi connectivity index (χ3v) is 4.99. The molecule has 1 saturated carbocycles. The summed E-state index contributed by atoms with van der Waals surface area (Å²) in [5.74, 6) is -0.332. The van der Waals surface area contributed by atoms with E-state index in [1.165, 1.54) is 23.9 Å². The van der Waals surface area contributed by atoms with Crippen LogP contribution in [0.15, 0.2) is 29.2 Å². The van der Waals surface area contributed by atoms with E-state index >= 15 is 0 Å². The normalized spacial score (nSPS) is 22.2. The van der Waals surface area contributed by atoms with Gasteiger partial charge >= 0.3 is 0 Å². The van der Waals surface area contributed by atoms with E-state index in [1.54, 1.807) is 23.1 Å². The van der Waals surface area contributed by atoms with Crippen LogP contribution in [-0.2, 0) is 4.79 Å². The first-order chi connectivity index (χ1) is 9.65. The summed E-state index contributed by atoms with van der Waals surface area (Å²) in [6, 6.07) is 6.48. The second-order valence-corrected chi connectivity index (χ2v) is 6.72. The number of thioether (sulfide) groups is 1. The van der Waals surface area contributed by atoms with Crippen LogP contribution in [0, 0.1) is 5.82 Å². The Balaban J connectivity index is 1.85. The Morgan fingerprint density at radius 1 is 1.35 bits per heavy atom. The van der Waals surface area contributed by atoms with E-state index in [2.05, 4.69) is 0 Å². The highest BCUT2D eigenvalue weighted by molar-refractivity contribution is 8.26. The number of carbonyl (C=O) groups excluding carboxylic acids is 1. The Morgan fingerprint density at radius 3 is 2.80 bits per heavy atom. The van der Waals surface area contributed by atoms with E-state index in [0.29, 0.717) is 14.8 Å². The maximum Gasteiger partial charge on any atom is 0.266 e. The lowest BCUT2D eigenvalue weighted by Crippen LogP contribution is -2.36. The van der Waals surface area contributed by atoms with Crippen LogP contribution >= 0.6 is 24.0 Å². The zero-order chi connectivity index (χ0) is 14.1. The molecular formula is C15H14FNOS2. The van der Waals surface area contributed by atoms with Crippen LogP contribution in [0.2, 0.25) is 0 Å². The van der Waals surface area contributed by atoms with E-state index in [4.69, 9.17) is 12.2 Å². The molecule has 1 amide bonds. The molecule has 1 aliphatic heterocycles. The molecule has 20 heavy (non-hydrogen) atoms. The van der Waals surface area contributed by atoms with Crippen LogP contribution in [0.1, 0.15) is 31.2 Å². The number of rotatable bonds is 2. The fraction of sp³-hybridized carbons (Fsp3) is 0.333. The third-order valence-electron chi connectivity index (χ3n) is 3.66.